The number of amides is 1. The maximum Gasteiger partial charge on any atom is 0.251 e. The van der Waals surface area contributed by atoms with Crippen molar-refractivity contribution in [2.45, 2.75) is 6.04 Å². The Morgan fingerprint density at radius 3 is 2.60 bits per heavy atom. The minimum Gasteiger partial charge on any atom is -0.379 e. The molecule has 0 saturated carbocycles. The van der Waals surface area contributed by atoms with E-state index < -0.39 is 10.0 Å². The summed E-state index contributed by atoms with van der Waals surface area (Å²) in [5.41, 5.74) is 0.555. The first kappa shape index (κ1) is 17.8. The van der Waals surface area contributed by atoms with Gasteiger partial charge in [0.15, 0.2) is 0 Å². The van der Waals surface area contributed by atoms with Gasteiger partial charge in [-0.3, -0.25) is 4.79 Å². The number of hydrogen-bond donors (Lipinski definition) is 1. The number of benzene rings is 2. The van der Waals surface area contributed by atoms with Crippen LogP contribution < -0.4 is 5.32 Å². The van der Waals surface area contributed by atoms with E-state index in [9.17, 15) is 13.2 Å². The number of rotatable bonds is 5. The normalized spacial score (nSPS) is 20.9. The van der Waals surface area contributed by atoms with E-state index in [-0.39, 0.29) is 23.6 Å². The molecule has 1 fully saturated rings. The smallest absolute Gasteiger partial charge is 0.251 e. The molecule has 0 radical (unpaired) electrons. The maximum absolute atomic E-state index is 12.6. The summed E-state index contributed by atoms with van der Waals surface area (Å²) >= 11 is 0. The highest BCUT2D eigenvalue weighted by Gasteiger charge is 2.34. The highest BCUT2D eigenvalue weighted by molar-refractivity contribution is 7.89. The Labute approximate surface area is 147 Å². The van der Waals surface area contributed by atoms with Crippen molar-refractivity contribution in [3.05, 3.63) is 48.0 Å². The lowest BCUT2D eigenvalue weighted by atomic mass is 10.0. The molecule has 1 aliphatic rings. The third-order valence-electron chi connectivity index (χ3n) is 4.51. The summed E-state index contributed by atoms with van der Waals surface area (Å²) in [6.07, 6.45) is 0. The Morgan fingerprint density at radius 1 is 1.16 bits per heavy atom. The van der Waals surface area contributed by atoms with E-state index in [2.05, 4.69) is 5.32 Å². The number of hydrogen-bond acceptors (Lipinski definition) is 4. The summed E-state index contributed by atoms with van der Waals surface area (Å²) in [4.78, 5) is 12.6. The molecule has 134 valence electrons. The Kier molecular flexibility index (Phi) is 5.08. The molecule has 1 amide bonds. The van der Waals surface area contributed by atoms with Gasteiger partial charge in [-0.2, -0.15) is 0 Å². The van der Waals surface area contributed by atoms with E-state index in [4.69, 9.17) is 4.74 Å². The van der Waals surface area contributed by atoms with Crippen molar-refractivity contribution in [3.63, 3.8) is 0 Å². The number of carbonyl (C=O) groups excluding carboxylic acids is 1. The highest BCUT2D eigenvalue weighted by atomic mass is 32.2. The van der Waals surface area contributed by atoms with Crippen molar-refractivity contribution in [2.24, 2.45) is 5.92 Å². The molecule has 0 spiro atoms. The van der Waals surface area contributed by atoms with Crippen LogP contribution in [0.15, 0.2) is 42.5 Å². The molecule has 0 unspecified atom stereocenters. The van der Waals surface area contributed by atoms with Gasteiger partial charge in [-0.25, -0.2) is 12.7 Å². The summed E-state index contributed by atoms with van der Waals surface area (Å²) in [5, 5.41) is 4.98. The van der Waals surface area contributed by atoms with Crippen LogP contribution in [0.25, 0.3) is 10.8 Å². The maximum atomic E-state index is 12.6. The first-order chi connectivity index (χ1) is 11.9. The van der Waals surface area contributed by atoms with Gasteiger partial charge < -0.3 is 10.1 Å². The predicted octanol–water partition coefficient (Wildman–Crippen LogP) is 1.48. The van der Waals surface area contributed by atoms with Gasteiger partial charge in [-0.15, -0.1) is 0 Å². The summed E-state index contributed by atoms with van der Waals surface area (Å²) in [5.74, 6) is -0.506. The molecule has 1 aliphatic heterocycles. The van der Waals surface area contributed by atoms with E-state index >= 15 is 0 Å². The van der Waals surface area contributed by atoms with Crippen LogP contribution in [-0.4, -0.2) is 57.7 Å². The number of nitrogens with zero attached hydrogens (tertiary/aromatic N) is 1. The van der Waals surface area contributed by atoms with Crippen molar-refractivity contribution >= 4 is 26.7 Å². The zero-order chi connectivity index (χ0) is 18.0. The molecule has 3 rings (SSSR count). The van der Waals surface area contributed by atoms with E-state index in [1.165, 1.54) is 18.4 Å². The van der Waals surface area contributed by atoms with Gasteiger partial charge in [-0.1, -0.05) is 30.3 Å². The number of ether oxygens (including phenoxy) is 1. The Balaban J connectivity index is 1.72. The highest BCUT2D eigenvalue weighted by Crippen LogP contribution is 2.19. The van der Waals surface area contributed by atoms with Gasteiger partial charge in [0.2, 0.25) is 10.0 Å². The molecule has 1 heterocycles. The van der Waals surface area contributed by atoms with Crippen molar-refractivity contribution in [2.75, 3.05) is 33.1 Å². The number of fused-ring (bicyclic) bond motifs is 1. The van der Waals surface area contributed by atoms with Gasteiger partial charge in [0.1, 0.15) is 0 Å². The SMILES string of the molecule is CN(C)S(=O)(=O)C[C@@H]1COC[C@H]1NC(=O)c1ccc2ccccc2c1. The van der Waals surface area contributed by atoms with Gasteiger partial charge in [0.25, 0.3) is 5.91 Å². The van der Waals surface area contributed by atoms with E-state index in [1.54, 1.807) is 6.07 Å². The van der Waals surface area contributed by atoms with Gasteiger partial charge in [-0.05, 0) is 22.9 Å². The van der Waals surface area contributed by atoms with Crippen LogP contribution in [0, 0.1) is 5.92 Å². The second kappa shape index (κ2) is 7.11. The standard InChI is InChI=1S/C18H22N2O4S/c1-20(2)25(22,23)12-16-10-24-11-17(16)19-18(21)15-8-7-13-5-3-4-6-14(13)9-15/h3-9,16-17H,10-12H2,1-2H3,(H,19,21)/t16-,17+/m0/s1. The molecule has 2 aromatic carbocycles. The summed E-state index contributed by atoms with van der Waals surface area (Å²) < 4.78 is 30.8. The molecule has 7 heteroatoms. The van der Waals surface area contributed by atoms with Crippen LogP contribution >= 0.6 is 0 Å². The molecule has 2 aromatic rings. The second-order valence-corrected chi connectivity index (χ2v) is 8.73. The monoisotopic (exact) mass is 362 g/mol. The zero-order valence-corrected chi connectivity index (χ0v) is 15.1. The van der Waals surface area contributed by atoms with Crippen LogP contribution in [0.1, 0.15) is 10.4 Å². The van der Waals surface area contributed by atoms with Crippen LogP contribution in [0.3, 0.4) is 0 Å². The Hall–Kier alpha value is -1.96. The fourth-order valence-corrected chi connectivity index (χ4v) is 4.09. The average Bonchev–Trinajstić information content (AvgIpc) is 3.00. The summed E-state index contributed by atoms with van der Waals surface area (Å²) in [7, 11) is -0.326. The number of carbonyl (C=O) groups is 1. The Bertz CT molecular complexity index is 880. The third kappa shape index (κ3) is 4.00. The molecule has 0 bridgehead atoms. The van der Waals surface area contributed by atoms with Crippen LogP contribution in [0.4, 0.5) is 0 Å². The fourth-order valence-electron chi connectivity index (χ4n) is 2.92. The lowest BCUT2D eigenvalue weighted by Gasteiger charge is -2.21. The van der Waals surface area contributed by atoms with Crippen LogP contribution in [-0.2, 0) is 14.8 Å². The van der Waals surface area contributed by atoms with Crippen molar-refractivity contribution in [1.82, 2.24) is 9.62 Å². The van der Waals surface area contributed by atoms with E-state index in [0.717, 1.165) is 10.8 Å². The van der Waals surface area contributed by atoms with Gasteiger partial charge in [0, 0.05) is 25.6 Å². The molecule has 2 atom stereocenters. The molecule has 6 nitrogen and oxygen atoms in total. The minimum atomic E-state index is -3.34. The largest absolute Gasteiger partial charge is 0.379 e. The molecule has 0 aliphatic carbocycles. The lowest BCUT2D eigenvalue weighted by molar-refractivity contribution is 0.0926. The predicted molar refractivity (Wildman–Crippen MR) is 97.0 cm³/mol. The third-order valence-corrected chi connectivity index (χ3v) is 6.47. The van der Waals surface area contributed by atoms with Crippen LogP contribution in [0.2, 0.25) is 0 Å². The number of sulfonamides is 1. The van der Waals surface area contributed by atoms with Crippen LogP contribution in [0.5, 0.6) is 0 Å². The van der Waals surface area contributed by atoms with Crippen molar-refractivity contribution in [1.29, 1.82) is 0 Å². The van der Waals surface area contributed by atoms with Crippen molar-refractivity contribution in [3.8, 4) is 0 Å². The molecule has 25 heavy (non-hydrogen) atoms. The first-order valence-corrected chi connectivity index (χ1v) is 9.75. The number of nitrogens with one attached hydrogen (secondary N) is 1. The Morgan fingerprint density at radius 2 is 1.88 bits per heavy atom. The van der Waals surface area contributed by atoms with Gasteiger partial charge in [0.05, 0.1) is 25.0 Å². The molecule has 1 N–H and O–H groups in total. The van der Waals surface area contributed by atoms with E-state index in [0.29, 0.717) is 18.8 Å². The minimum absolute atomic E-state index is 0.0390. The average molecular weight is 362 g/mol. The second-order valence-electron chi connectivity index (χ2n) is 6.50. The first-order valence-electron chi connectivity index (χ1n) is 8.14. The summed E-state index contributed by atoms with van der Waals surface area (Å²) in [6.45, 7) is 0.655. The van der Waals surface area contributed by atoms with Crippen molar-refractivity contribution < 1.29 is 17.9 Å². The molecular weight excluding hydrogens is 340 g/mol. The quantitative estimate of drug-likeness (QED) is 0.874. The molecule has 0 aromatic heterocycles. The topological polar surface area (TPSA) is 75.7 Å². The zero-order valence-electron chi connectivity index (χ0n) is 14.3. The summed E-state index contributed by atoms with van der Waals surface area (Å²) in [6, 6.07) is 13.0. The molecular formula is C18H22N2O4S. The van der Waals surface area contributed by atoms with E-state index in [1.807, 2.05) is 36.4 Å². The van der Waals surface area contributed by atoms with Gasteiger partial charge >= 0.3 is 0 Å². The fraction of sp³-hybridized carbons (Fsp3) is 0.389. The molecule has 1 saturated heterocycles. The lowest BCUT2D eigenvalue weighted by Crippen LogP contribution is -2.43.